The van der Waals surface area contributed by atoms with Gasteiger partial charge < -0.3 is 14.4 Å². The molecule has 24 heavy (non-hydrogen) atoms. The predicted molar refractivity (Wildman–Crippen MR) is 89.7 cm³/mol. The Morgan fingerprint density at radius 2 is 1.83 bits per heavy atom. The highest BCUT2D eigenvalue weighted by Gasteiger charge is 2.32. The van der Waals surface area contributed by atoms with Gasteiger partial charge in [0.05, 0.1) is 13.2 Å². The number of piperidine rings is 1. The molecule has 0 aromatic heterocycles. The van der Waals surface area contributed by atoms with E-state index in [-0.39, 0.29) is 36.7 Å². The van der Waals surface area contributed by atoms with Crippen molar-refractivity contribution in [2.45, 2.75) is 38.9 Å². The van der Waals surface area contributed by atoms with Crippen molar-refractivity contribution in [3.8, 4) is 0 Å². The lowest BCUT2D eigenvalue weighted by atomic mass is 9.96. The zero-order chi connectivity index (χ0) is 16.9. The average molecular weight is 331 g/mol. The van der Waals surface area contributed by atoms with Crippen LogP contribution >= 0.6 is 0 Å². The van der Waals surface area contributed by atoms with E-state index in [1.165, 1.54) is 0 Å². The molecule has 1 aromatic carbocycles. The van der Waals surface area contributed by atoms with Crippen LogP contribution in [-0.2, 0) is 14.3 Å². The van der Waals surface area contributed by atoms with Crippen molar-refractivity contribution in [2.24, 2.45) is 5.92 Å². The number of rotatable bonds is 5. The highest BCUT2D eigenvalue weighted by molar-refractivity contribution is 5.97. The van der Waals surface area contributed by atoms with Crippen molar-refractivity contribution in [2.75, 3.05) is 26.3 Å². The highest BCUT2D eigenvalue weighted by Crippen LogP contribution is 2.25. The van der Waals surface area contributed by atoms with Gasteiger partial charge in [-0.15, -0.1) is 0 Å². The second-order valence-electron chi connectivity index (χ2n) is 6.64. The normalized spacial score (nSPS) is 21.9. The number of amides is 1. The first-order valence-corrected chi connectivity index (χ1v) is 8.74. The summed E-state index contributed by atoms with van der Waals surface area (Å²) in [4.78, 5) is 26.5. The molecule has 0 aliphatic carbocycles. The monoisotopic (exact) mass is 331 g/mol. The SMILES string of the molecule is Cc1ccc(C(=O)CCC(=O)N2CCCC(C3OCCO3)C2)cc1. The van der Waals surface area contributed by atoms with Crippen molar-refractivity contribution in [1.29, 1.82) is 0 Å². The second kappa shape index (κ2) is 7.90. The highest BCUT2D eigenvalue weighted by atomic mass is 16.7. The molecule has 2 fully saturated rings. The summed E-state index contributed by atoms with van der Waals surface area (Å²) >= 11 is 0. The molecule has 1 unspecified atom stereocenters. The van der Waals surface area contributed by atoms with E-state index in [4.69, 9.17) is 9.47 Å². The average Bonchev–Trinajstić information content (AvgIpc) is 3.15. The van der Waals surface area contributed by atoms with Gasteiger partial charge in [-0.1, -0.05) is 29.8 Å². The van der Waals surface area contributed by atoms with Crippen molar-refractivity contribution in [1.82, 2.24) is 4.90 Å². The smallest absolute Gasteiger partial charge is 0.223 e. The molecule has 1 amide bonds. The van der Waals surface area contributed by atoms with E-state index in [9.17, 15) is 9.59 Å². The Balaban J connectivity index is 1.49. The second-order valence-corrected chi connectivity index (χ2v) is 6.64. The lowest BCUT2D eigenvalue weighted by Crippen LogP contribution is -2.43. The number of ether oxygens (including phenoxy) is 2. The Morgan fingerprint density at radius 1 is 1.12 bits per heavy atom. The first-order chi connectivity index (χ1) is 11.6. The number of likely N-dealkylation sites (tertiary alicyclic amines) is 1. The quantitative estimate of drug-likeness (QED) is 0.778. The van der Waals surface area contributed by atoms with Gasteiger partial charge in [0.1, 0.15) is 0 Å². The first-order valence-electron chi connectivity index (χ1n) is 8.74. The van der Waals surface area contributed by atoms with Crippen LogP contribution in [0.25, 0.3) is 0 Å². The standard InChI is InChI=1S/C19H25NO4/c1-14-4-6-15(7-5-14)17(21)8-9-18(22)20-10-2-3-16(13-20)19-23-11-12-24-19/h4-7,16,19H,2-3,8-13H2,1H3. The zero-order valence-electron chi connectivity index (χ0n) is 14.2. The van der Waals surface area contributed by atoms with E-state index in [1.54, 1.807) is 0 Å². The zero-order valence-corrected chi connectivity index (χ0v) is 14.2. The Bertz CT molecular complexity index is 578. The molecule has 0 spiro atoms. The van der Waals surface area contributed by atoms with Gasteiger partial charge in [-0.2, -0.15) is 0 Å². The van der Waals surface area contributed by atoms with E-state index < -0.39 is 0 Å². The van der Waals surface area contributed by atoms with E-state index in [2.05, 4.69) is 0 Å². The third-order valence-corrected chi connectivity index (χ3v) is 4.78. The van der Waals surface area contributed by atoms with Gasteiger partial charge in [0, 0.05) is 37.4 Å². The molecule has 2 aliphatic rings. The predicted octanol–water partition coefficient (Wildman–Crippen LogP) is 2.57. The van der Waals surface area contributed by atoms with E-state index in [0.717, 1.165) is 24.9 Å². The molecule has 3 rings (SSSR count). The molecule has 2 heterocycles. The van der Waals surface area contributed by atoms with Crippen LogP contribution in [0.4, 0.5) is 0 Å². The van der Waals surface area contributed by atoms with Gasteiger partial charge in [0.15, 0.2) is 12.1 Å². The number of benzene rings is 1. The fourth-order valence-corrected chi connectivity index (χ4v) is 3.37. The van der Waals surface area contributed by atoms with Crippen LogP contribution in [0.1, 0.15) is 41.6 Å². The summed E-state index contributed by atoms with van der Waals surface area (Å²) in [6.45, 7) is 4.70. The molecule has 2 aliphatic heterocycles. The van der Waals surface area contributed by atoms with Crippen LogP contribution in [-0.4, -0.2) is 49.2 Å². The van der Waals surface area contributed by atoms with E-state index in [1.807, 2.05) is 36.1 Å². The van der Waals surface area contributed by atoms with Crippen LogP contribution in [0.2, 0.25) is 0 Å². The summed E-state index contributed by atoms with van der Waals surface area (Å²) in [7, 11) is 0. The Hall–Kier alpha value is -1.72. The fourth-order valence-electron chi connectivity index (χ4n) is 3.37. The summed E-state index contributed by atoms with van der Waals surface area (Å²) in [5, 5.41) is 0. The number of Topliss-reactive ketones (excluding diaryl/α,β-unsaturated/α-hetero) is 1. The van der Waals surface area contributed by atoms with Crippen molar-refractivity contribution < 1.29 is 19.1 Å². The van der Waals surface area contributed by atoms with Gasteiger partial charge in [-0.05, 0) is 19.8 Å². The fraction of sp³-hybridized carbons (Fsp3) is 0.579. The third-order valence-electron chi connectivity index (χ3n) is 4.78. The molecule has 1 aromatic rings. The number of nitrogens with zero attached hydrogens (tertiary/aromatic N) is 1. The molecule has 5 nitrogen and oxygen atoms in total. The van der Waals surface area contributed by atoms with Crippen LogP contribution in [0.3, 0.4) is 0 Å². The Morgan fingerprint density at radius 3 is 2.54 bits per heavy atom. The summed E-state index contributed by atoms with van der Waals surface area (Å²) < 4.78 is 11.1. The van der Waals surface area contributed by atoms with Gasteiger partial charge in [0.25, 0.3) is 0 Å². The van der Waals surface area contributed by atoms with Crippen molar-refractivity contribution >= 4 is 11.7 Å². The number of aryl methyl sites for hydroxylation is 1. The van der Waals surface area contributed by atoms with Gasteiger partial charge in [0.2, 0.25) is 5.91 Å². The summed E-state index contributed by atoms with van der Waals surface area (Å²) in [5.74, 6) is 0.329. The van der Waals surface area contributed by atoms with E-state index in [0.29, 0.717) is 25.3 Å². The molecule has 0 saturated carbocycles. The molecular formula is C19H25NO4. The number of ketones is 1. The minimum Gasteiger partial charge on any atom is -0.350 e. The minimum atomic E-state index is -0.171. The van der Waals surface area contributed by atoms with Gasteiger partial charge in [-0.3, -0.25) is 9.59 Å². The summed E-state index contributed by atoms with van der Waals surface area (Å²) in [5.41, 5.74) is 1.80. The van der Waals surface area contributed by atoms with Crippen molar-refractivity contribution in [3.05, 3.63) is 35.4 Å². The molecule has 0 bridgehead atoms. The number of carbonyl (C=O) groups is 2. The maximum atomic E-state index is 12.4. The molecule has 5 heteroatoms. The first kappa shape index (κ1) is 17.1. The van der Waals surface area contributed by atoms with Crippen LogP contribution in [0, 0.1) is 12.8 Å². The Kier molecular flexibility index (Phi) is 5.63. The topological polar surface area (TPSA) is 55.8 Å². The lowest BCUT2D eigenvalue weighted by molar-refractivity contribution is -0.139. The molecule has 130 valence electrons. The molecular weight excluding hydrogens is 306 g/mol. The number of hydrogen-bond donors (Lipinski definition) is 0. The van der Waals surface area contributed by atoms with Crippen LogP contribution in [0.5, 0.6) is 0 Å². The molecule has 2 saturated heterocycles. The van der Waals surface area contributed by atoms with Crippen LogP contribution < -0.4 is 0 Å². The maximum Gasteiger partial charge on any atom is 0.223 e. The number of hydrogen-bond acceptors (Lipinski definition) is 4. The Labute approximate surface area is 142 Å². The van der Waals surface area contributed by atoms with Crippen molar-refractivity contribution in [3.63, 3.8) is 0 Å². The summed E-state index contributed by atoms with van der Waals surface area (Å²) in [6, 6.07) is 7.50. The van der Waals surface area contributed by atoms with Crippen LogP contribution in [0.15, 0.2) is 24.3 Å². The van der Waals surface area contributed by atoms with E-state index >= 15 is 0 Å². The van der Waals surface area contributed by atoms with Gasteiger partial charge in [-0.25, -0.2) is 0 Å². The molecule has 0 N–H and O–H groups in total. The molecule has 0 radical (unpaired) electrons. The minimum absolute atomic E-state index is 0.0272. The third kappa shape index (κ3) is 4.22. The maximum absolute atomic E-state index is 12.4. The lowest BCUT2D eigenvalue weighted by Gasteiger charge is -2.34. The molecule has 1 atom stereocenters. The van der Waals surface area contributed by atoms with Gasteiger partial charge >= 0.3 is 0 Å². The largest absolute Gasteiger partial charge is 0.350 e. The number of carbonyl (C=O) groups excluding carboxylic acids is 2. The summed E-state index contributed by atoms with van der Waals surface area (Å²) in [6.07, 6.45) is 2.35.